The third-order valence-corrected chi connectivity index (χ3v) is 6.79. The molecule has 4 heterocycles. The van der Waals surface area contributed by atoms with Gasteiger partial charge in [-0.2, -0.15) is 22.6 Å². The molecule has 2 N–H and O–H groups in total. The monoisotopic (exact) mass is 528 g/mol. The molecule has 0 aliphatic carbocycles. The van der Waals surface area contributed by atoms with Crippen molar-refractivity contribution < 1.29 is 22.8 Å². The van der Waals surface area contributed by atoms with Gasteiger partial charge < -0.3 is 10.6 Å². The molecule has 0 aliphatic rings. The van der Waals surface area contributed by atoms with Crippen molar-refractivity contribution in [2.75, 3.05) is 5.32 Å². The van der Waals surface area contributed by atoms with Crippen LogP contribution < -0.4 is 10.6 Å². The normalized spacial score (nSPS) is 11.9. The van der Waals surface area contributed by atoms with Gasteiger partial charge in [-0.1, -0.05) is 11.6 Å². The minimum absolute atomic E-state index is 0.00109. The number of carbonyl (C=O) groups is 2. The fourth-order valence-corrected chi connectivity index (χ4v) is 5.21. The molecule has 0 aromatic carbocycles. The van der Waals surface area contributed by atoms with Gasteiger partial charge >= 0.3 is 6.18 Å². The highest BCUT2D eigenvalue weighted by Gasteiger charge is 2.37. The standard InChI is InChI=1S/C20H16ClF3N6O2S2/c1-8(2)26-18(32)15-14(13-9(3)34-29-19(13)33-15)27-17(31)11-7-12(20(22,23)24)28-30(11)16-10(21)5-4-6-25-16/h4-8H,1-3H3,(H,26,32)(H,27,31). The molecule has 0 bridgehead atoms. The second-order valence-electron chi connectivity index (χ2n) is 7.44. The summed E-state index contributed by atoms with van der Waals surface area (Å²) in [5.41, 5.74) is -1.58. The van der Waals surface area contributed by atoms with Gasteiger partial charge in [-0.15, -0.1) is 11.3 Å². The maximum absolute atomic E-state index is 13.4. The van der Waals surface area contributed by atoms with E-state index in [2.05, 4.69) is 25.1 Å². The largest absolute Gasteiger partial charge is 0.435 e. The Morgan fingerprint density at radius 2 is 1.97 bits per heavy atom. The van der Waals surface area contributed by atoms with Gasteiger partial charge in [0.2, 0.25) is 0 Å². The van der Waals surface area contributed by atoms with Gasteiger partial charge in [-0.05, 0) is 44.4 Å². The van der Waals surface area contributed by atoms with Crippen molar-refractivity contribution in [1.29, 1.82) is 0 Å². The third kappa shape index (κ3) is 4.50. The number of aryl methyl sites for hydroxylation is 1. The van der Waals surface area contributed by atoms with Crippen molar-refractivity contribution in [2.45, 2.75) is 33.0 Å². The molecule has 4 aromatic rings. The van der Waals surface area contributed by atoms with Crippen LogP contribution in [-0.4, -0.2) is 37.0 Å². The lowest BCUT2D eigenvalue weighted by Gasteiger charge is -2.11. The van der Waals surface area contributed by atoms with E-state index in [4.69, 9.17) is 11.6 Å². The van der Waals surface area contributed by atoms with Crippen LogP contribution in [0.15, 0.2) is 24.4 Å². The Morgan fingerprint density at radius 3 is 2.62 bits per heavy atom. The molecule has 8 nitrogen and oxygen atoms in total. The number of fused-ring (bicyclic) bond motifs is 1. The first-order valence-electron chi connectivity index (χ1n) is 9.76. The number of nitrogens with one attached hydrogen (secondary N) is 2. The van der Waals surface area contributed by atoms with Crippen molar-refractivity contribution in [3.8, 4) is 5.82 Å². The van der Waals surface area contributed by atoms with Crippen molar-refractivity contribution >= 4 is 62.2 Å². The van der Waals surface area contributed by atoms with E-state index < -0.39 is 29.4 Å². The summed E-state index contributed by atoms with van der Waals surface area (Å²) in [6, 6.07) is 3.34. The van der Waals surface area contributed by atoms with Crippen LogP contribution in [0.25, 0.3) is 16.0 Å². The van der Waals surface area contributed by atoms with E-state index in [-0.39, 0.29) is 27.4 Å². The van der Waals surface area contributed by atoms with Crippen molar-refractivity contribution in [3.05, 3.63) is 50.6 Å². The number of hydrogen-bond donors (Lipinski definition) is 2. The van der Waals surface area contributed by atoms with Gasteiger partial charge in [0.25, 0.3) is 11.8 Å². The smallest absolute Gasteiger partial charge is 0.349 e. The molecule has 4 rings (SSSR count). The van der Waals surface area contributed by atoms with Crippen molar-refractivity contribution in [1.82, 2.24) is 24.5 Å². The SMILES string of the molecule is Cc1snc2sc(C(=O)NC(C)C)c(NC(=O)c3cc(C(F)(F)F)nn3-c3ncccc3Cl)c12. The van der Waals surface area contributed by atoms with Crippen LogP contribution in [0.5, 0.6) is 0 Å². The number of pyridine rings is 1. The maximum atomic E-state index is 13.4. The van der Waals surface area contributed by atoms with E-state index in [1.807, 2.05) is 0 Å². The number of rotatable bonds is 5. The highest BCUT2D eigenvalue weighted by Crippen LogP contribution is 2.40. The minimum atomic E-state index is -4.81. The highest BCUT2D eigenvalue weighted by molar-refractivity contribution is 7.23. The third-order valence-electron chi connectivity index (χ3n) is 4.54. The van der Waals surface area contributed by atoms with Gasteiger partial charge in [0.1, 0.15) is 15.4 Å². The number of nitrogens with zero attached hydrogens (tertiary/aromatic N) is 4. The fourth-order valence-electron chi connectivity index (χ4n) is 3.13. The number of carbonyl (C=O) groups excluding carboxylic acids is 2. The molecule has 0 saturated heterocycles. The van der Waals surface area contributed by atoms with Crippen molar-refractivity contribution in [2.24, 2.45) is 0 Å². The Bertz CT molecular complexity index is 1410. The number of thiophene rings is 1. The number of halogens is 4. The molecular formula is C20H16ClF3N6O2S2. The molecule has 178 valence electrons. The summed E-state index contributed by atoms with van der Waals surface area (Å²) in [5, 5.41) is 9.44. The zero-order valence-electron chi connectivity index (χ0n) is 17.8. The molecule has 2 amide bonds. The van der Waals surface area contributed by atoms with Crippen LogP contribution in [0.1, 0.15) is 44.6 Å². The fraction of sp³-hybridized carbons (Fsp3) is 0.250. The van der Waals surface area contributed by atoms with E-state index in [0.29, 0.717) is 16.3 Å². The first-order chi connectivity index (χ1) is 16.0. The van der Waals surface area contributed by atoms with E-state index in [1.54, 1.807) is 20.8 Å². The molecule has 0 fully saturated rings. The Kier molecular flexibility index (Phi) is 6.36. The van der Waals surface area contributed by atoms with Gasteiger partial charge in [-0.25, -0.2) is 9.67 Å². The van der Waals surface area contributed by atoms with Crippen molar-refractivity contribution in [3.63, 3.8) is 0 Å². The molecule has 4 aromatic heterocycles. The average molecular weight is 529 g/mol. The number of hydrogen-bond acceptors (Lipinski definition) is 7. The summed E-state index contributed by atoms with van der Waals surface area (Å²) in [7, 11) is 0. The van der Waals surface area contributed by atoms with Gasteiger partial charge in [0.05, 0.1) is 16.1 Å². The maximum Gasteiger partial charge on any atom is 0.435 e. The Hall–Kier alpha value is -3.03. The lowest BCUT2D eigenvalue weighted by atomic mass is 10.2. The van der Waals surface area contributed by atoms with E-state index in [0.717, 1.165) is 20.9 Å². The van der Waals surface area contributed by atoms with E-state index in [9.17, 15) is 22.8 Å². The van der Waals surface area contributed by atoms with Crippen LogP contribution in [0, 0.1) is 6.92 Å². The lowest BCUT2D eigenvalue weighted by molar-refractivity contribution is -0.141. The van der Waals surface area contributed by atoms with Crippen LogP contribution >= 0.6 is 34.5 Å². The molecule has 0 aliphatic heterocycles. The summed E-state index contributed by atoms with van der Waals surface area (Å²) in [4.78, 5) is 31.5. The Balaban J connectivity index is 1.82. The van der Waals surface area contributed by atoms with Crippen LogP contribution in [0.4, 0.5) is 18.9 Å². The first kappa shape index (κ1) is 24.1. The van der Waals surface area contributed by atoms with Gasteiger partial charge in [-0.3, -0.25) is 9.59 Å². The minimum Gasteiger partial charge on any atom is -0.349 e. The first-order valence-corrected chi connectivity index (χ1v) is 11.7. The van der Waals surface area contributed by atoms with E-state index in [1.165, 1.54) is 29.9 Å². The second-order valence-corrected chi connectivity index (χ2v) is 9.82. The Morgan fingerprint density at radius 1 is 1.24 bits per heavy atom. The molecule has 0 saturated carbocycles. The highest BCUT2D eigenvalue weighted by atomic mass is 35.5. The summed E-state index contributed by atoms with van der Waals surface area (Å²) >= 11 is 8.38. The quantitative estimate of drug-likeness (QED) is 0.365. The topological polar surface area (TPSA) is 102 Å². The lowest BCUT2D eigenvalue weighted by Crippen LogP contribution is -2.30. The molecule has 0 spiro atoms. The molecule has 0 unspecified atom stereocenters. The van der Waals surface area contributed by atoms with Gasteiger partial charge in [0, 0.05) is 23.2 Å². The molecule has 0 atom stereocenters. The predicted octanol–water partition coefficient (Wildman–Crippen LogP) is 5.31. The predicted molar refractivity (Wildman–Crippen MR) is 124 cm³/mol. The molecular weight excluding hydrogens is 513 g/mol. The zero-order valence-corrected chi connectivity index (χ0v) is 20.2. The molecule has 34 heavy (non-hydrogen) atoms. The molecule has 14 heteroatoms. The van der Waals surface area contributed by atoms with Crippen LogP contribution in [-0.2, 0) is 6.18 Å². The van der Waals surface area contributed by atoms with Crippen LogP contribution in [0.2, 0.25) is 5.02 Å². The summed E-state index contributed by atoms with van der Waals surface area (Å²) in [6.45, 7) is 5.33. The zero-order chi connectivity index (χ0) is 24.8. The number of aromatic nitrogens is 4. The molecule has 0 radical (unpaired) electrons. The average Bonchev–Trinajstić information content (AvgIpc) is 3.43. The number of alkyl halides is 3. The van der Waals surface area contributed by atoms with Crippen LogP contribution in [0.3, 0.4) is 0 Å². The number of amides is 2. The summed E-state index contributed by atoms with van der Waals surface area (Å²) in [5.74, 6) is -1.50. The Labute approximate surface area is 203 Å². The second kappa shape index (κ2) is 8.96. The summed E-state index contributed by atoms with van der Waals surface area (Å²) in [6.07, 6.45) is -3.50. The number of anilines is 1. The summed E-state index contributed by atoms with van der Waals surface area (Å²) < 4.78 is 45.3. The van der Waals surface area contributed by atoms with E-state index >= 15 is 0 Å². The van der Waals surface area contributed by atoms with Gasteiger partial charge in [0.15, 0.2) is 11.5 Å².